The molecule has 0 saturated carbocycles. The SMILES string of the molecule is C=C(C(=C)N1CCCC1)c1cc(C(=O)N2Cc3ccc(OCCNC)cc3C2)c(O)cc1CC. The minimum Gasteiger partial charge on any atom is -0.507 e. The molecule has 2 aromatic carbocycles. The van der Waals surface area contributed by atoms with Gasteiger partial charge < -0.3 is 25.0 Å². The number of aryl methyl sites for hydroxylation is 1. The number of aromatic hydroxyl groups is 1. The fourth-order valence-electron chi connectivity index (χ4n) is 4.76. The van der Waals surface area contributed by atoms with Crippen molar-refractivity contribution in [2.24, 2.45) is 0 Å². The number of rotatable bonds is 9. The topological polar surface area (TPSA) is 65.0 Å². The van der Waals surface area contributed by atoms with Crippen LogP contribution in [0.2, 0.25) is 0 Å². The lowest BCUT2D eigenvalue weighted by Gasteiger charge is -2.24. The zero-order chi connectivity index (χ0) is 24.2. The zero-order valence-electron chi connectivity index (χ0n) is 20.3. The van der Waals surface area contributed by atoms with Gasteiger partial charge in [-0.1, -0.05) is 26.1 Å². The first-order chi connectivity index (χ1) is 16.4. The van der Waals surface area contributed by atoms with Crippen molar-refractivity contribution in [1.82, 2.24) is 15.1 Å². The number of nitrogens with one attached hydrogen (secondary N) is 1. The number of phenolic OH excluding ortho intramolecular Hbond substituents is 1. The first-order valence-electron chi connectivity index (χ1n) is 12.1. The van der Waals surface area contributed by atoms with E-state index in [1.807, 2.05) is 32.2 Å². The Labute approximate surface area is 202 Å². The highest BCUT2D eigenvalue weighted by atomic mass is 16.5. The van der Waals surface area contributed by atoms with Crippen molar-refractivity contribution in [3.8, 4) is 11.5 Å². The quantitative estimate of drug-likeness (QED) is 0.430. The summed E-state index contributed by atoms with van der Waals surface area (Å²) in [5.41, 5.74) is 6.06. The maximum Gasteiger partial charge on any atom is 0.258 e. The van der Waals surface area contributed by atoms with E-state index in [-0.39, 0.29) is 11.7 Å². The Balaban J connectivity index is 1.55. The highest BCUT2D eigenvalue weighted by Crippen LogP contribution is 2.35. The van der Waals surface area contributed by atoms with Crippen LogP contribution < -0.4 is 10.1 Å². The highest BCUT2D eigenvalue weighted by Gasteiger charge is 2.28. The molecule has 4 rings (SSSR count). The zero-order valence-corrected chi connectivity index (χ0v) is 20.3. The molecule has 6 heteroatoms. The molecule has 180 valence electrons. The van der Waals surface area contributed by atoms with Gasteiger partial charge in [-0.2, -0.15) is 0 Å². The van der Waals surface area contributed by atoms with Crippen LogP contribution in [0.5, 0.6) is 11.5 Å². The Morgan fingerprint density at radius 1 is 1.06 bits per heavy atom. The van der Waals surface area contributed by atoms with E-state index in [9.17, 15) is 9.90 Å². The standard InChI is InChI=1S/C28H35N3O3/c1-5-21-15-27(32)26(16-25(21)19(2)20(3)30-11-6-7-12-30)28(33)31-17-22-8-9-24(14-23(22)18-31)34-13-10-29-4/h8-9,14-16,29,32H,2-3,5-7,10-13,17-18H2,1,4H3. The second-order valence-electron chi connectivity index (χ2n) is 9.04. The van der Waals surface area contributed by atoms with E-state index in [4.69, 9.17) is 4.74 Å². The van der Waals surface area contributed by atoms with Crippen molar-refractivity contribution in [1.29, 1.82) is 0 Å². The predicted molar refractivity (Wildman–Crippen MR) is 136 cm³/mol. The molecular formula is C28H35N3O3. The van der Waals surface area contributed by atoms with Crippen molar-refractivity contribution in [2.45, 2.75) is 39.3 Å². The minimum absolute atomic E-state index is 0.0113. The highest BCUT2D eigenvalue weighted by molar-refractivity contribution is 5.98. The monoisotopic (exact) mass is 461 g/mol. The number of likely N-dealkylation sites (N-methyl/N-ethyl adjacent to an activating group) is 1. The van der Waals surface area contributed by atoms with Crippen LogP contribution in [-0.2, 0) is 19.5 Å². The molecule has 0 radical (unpaired) electrons. The predicted octanol–water partition coefficient (Wildman–Crippen LogP) is 4.33. The summed E-state index contributed by atoms with van der Waals surface area (Å²) >= 11 is 0. The summed E-state index contributed by atoms with van der Waals surface area (Å²) in [5.74, 6) is 0.629. The first kappa shape index (κ1) is 23.9. The Kier molecular flexibility index (Phi) is 7.27. The number of fused-ring (bicyclic) bond motifs is 1. The number of allylic oxidation sites excluding steroid dienone is 1. The van der Waals surface area contributed by atoms with Gasteiger partial charge in [0, 0.05) is 38.4 Å². The van der Waals surface area contributed by atoms with Gasteiger partial charge in [-0.15, -0.1) is 0 Å². The molecule has 0 aromatic heterocycles. The van der Waals surface area contributed by atoms with Crippen LogP contribution in [0.3, 0.4) is 0 Å². The lowest BCUT2D eigenvalue weighted by Crippen LogP contribution is -2.25. The second kappa shape index (κ2) is 10.3. The molecule has 2 heterocycles. The van der Waals surface area contributed by atoms with Crippen molar-refractivity contribution in [3.63, 3.8) is 0 Å². The summed E-state index contributed by atoms with van der Waals surface area (Å²) in [6.07, 6.45) is 3.04. The number of phenols is 1. The maximum absolute atomic E-state index is 13.5. The Morgan fingerprint density at radius 2 is 1.79 bits per heavy atom. The van der Waals surface area contributed by atoms with Gasteiger partial charge in [0.1, 0.15) is 18.1 Å². The molecule has 2 aromatic rings. The summed E-state index contributed by atoms with van der Waals surface area (Å²) < 4.78 is 5.78. The Hall–Kier alpha value is -3.25. The van der Waals surface area contributed by atoms with Crippen LogP contribution in [0.15, 0.2) is 49.2 Å². The number of carbonyl (C=O) groups excluding carboxylic acids is 1. The molecule has 1 amide bonds. The van der Waals surface area contributed by atoms with Crippen LogP contribution >= 0.6 is 0 Å². The number of likely N-dealkylation sites (tertiary alicyclic amines) is 1. The summed E-state index contributed by atoms with van der Waals surface area (Å²) in [5, 5.41) is 13.8. The van der Waals surface area contributed by atoms with Crippen LogP contribution in [0, 0.1) is 0 Å². The Bertz CT molecular complexity index is 1100. The number of amides is 1. The molecule has 2 aliphatic heterocycles. The third-order valence-electron chi connectivity index (χ3n) is 6.80. The van der Waals surface area contributed by atoms with E-state index in [0.29, 0.717) is 25.3 Å². The van der Waals surface area contributed by atoms with E-state index in [2.05, 4.69) is 23.4 Å². The minimum atomic E-state index is -0.185. The van der Waals surface area contributed by atoms with Gasteiger partial charge in [0.25, 0.3) is 5.91 Å². The van der Waals surface area contributed by atoms with Gasteiger partial charge in [-0.3, -0.25) is 4.79 Å². The lowest BCUT2D eigenvalue weighted by molar-refractivity contribution is 0.0748. The second-order valence-corrected chi connectivity index (χ2v) is 9.04. The van der Waals surface area contributed by atoms with Gasteiger partial charge in [0.05, 0.1) is 5.56 Å². The van der Waals surface area contributed by atoms with Crippen LogP contribution in [0.25, 0.3) is 5.57 Å². The van der Waals surface area contributed by atoms with Crippen molar-refractivity contribution in [2.75, 3.05) is 33.3 Å². The molecule has 6 nitrogen and oxygen atoms in total. The van der Waals surface area contributed by atoms with Gasteiger partial charge in [-0.25, -0.2) is 0 Å². The average molecular weight is 462 g/mol. The molecule has 2 N–H and O–H groups in total. The number of benzene rings is 2. The third-order valence-corrected chi connectivity index (χ3v) is 6.80. The summed E-state index contributed by atoms with van der Waals surface area (Å²) in [6, 6.07) is 9.48. The first-order valence-corrected chi connectivity index (χ1v) is 12.1. The third kappa shape index (κ3) is 4.82. The van der Waals surface area contributed by atoms with E-state index >= 15 is 0 Å². The molecule has 0 atom stereocenters. The van der Waals surface area contributed by atoms with E-state index in [1.54, 1.807) is 17.0 Å². The molecule has 1 fully saturated rings. The smallest absolute Gasteiger partial charge is 0.258 e. The van der Waals surface area contributed by atoms with Gasteiger partial charge >= 0.3 is 0 Å². The molecular weight excluding hydrogens is 426 g/mol. The summed E-state index contributed by atoms with van der Waals surface area (Å²) in [4.78, 5) is 17.5. The molecule has 0 aliphatic carbocycles. The number of carbonyl (C=O) groups is 1. The van der Waals surface area contributed by atoms with E-state index in [1.165, 1.54) is 0 Å². The number of ether oxygens (including phenoxy) is 1. The van der Waals surface area contributed by atoms with Crippen molar-refractivity contribution >= 4 is 11.5 Å². The molecule has 34 heavy (non-hydrogen) atoms. The van der Waals surface area contributed by atoms with Crippen molar-refractivity contribution in [3.05, 3.63) is 77.0 Å². The van der Waals surface area contributed by atoms with Crippen LogP contribution in [-0.4, -0.2) is 54.1 Å². The maximum atomic E-state index is 13.5. The van der Waals surface area contributed by atoms with E-state index < -0.39 is 0 Å². The molecule has 1 saturated heterocycles. The van der Waals surface area contributed by atoms with Gasteiger partial charge in [0.15, 0.2) is 0 Å². The lowest BCUT2D eigenvalue weighted by atomic mass is 9.93. The van der Waals surface area contributed by atoms with Gasteiger partial charge in [-0.05, 0) is 78.4 Å². The normalized spacial score (nSPS) is 14.9. The van der Waals surface area contributed by atoms with E-state index in [0.717, 1.165) is 78.2 Å². The molecule has 0 bridgehead atoms. The fraction of sp³-hybridized carbons (Fsp3) is 0.393. The molecule has 0 spiro atoms. The summed E-state index contributed by atoms with van der Waals surface area (Å²) in [7, 11) is 1.89. The van der Waals surface area contributed by atoms with Crippen molar-refractivity contribution < 1.29 is 14.6 Å². The average Bonchev–Trinajstić information content (AvgIpc) is 3.52. The number of hydrogen-bond acceptors (Lipinski definition) is 5. The molecule has 2 aliphatic rings. The van der Waals surface area contributed by atoms with Gasteiger partial charge in [0.2, 0.25) is 0 Å². The van der Waals surface area contributed by atoms with Crippen LogP contribution in [0.1, 0.15) is 52.4 Å². The number of hydrogen-bond donors (Lipinski definition) is 2. The number of nitrogens with zero attached hydrogens (tertiary/aromatic N) is 2. The molecule has 0 unspecified atom stereocenters. The summed E-state index contributed by atoms with van der Waals surface area (Å²) in [6.45, 7) is 15.0. The van der Waals surface area contributed by atoms with Crippen LogP contribution in [0.4, 0.5) is 0 Å². The largest absolute Gasteiger partial charge is 0.507 e. The fourth-order valence-corrected chi connectivity index (χ4v) is 4.76. The Morgan fingerprint density at radius 3 is 2.50 bits per heavy atom.